The fourth-order valence-electron chi connectivity index (χ4n) is 3.95. The number of rotatable bonds is 6. The van der Waals surface area contributed by atoms with Crippen LogP contribution in [0.4, 0.5) is 0 Å². The van der Waals surface area contributed by atoms with Crippen LogP contribution in [0.2, 0.25) is 0 Å². The highest BCUT2D eigenvalue weighted by Gasteiger charge is 2.33. The molecule has 2 heteroatoms. The van der Waals surface area contributed by atoms with Crippen molar-refractivity contribution in [1.29, 1.82) is 0 Å². The zero-order chi connectivity index (χ0) is 17.6. The Morgan fingerprint density at radius 2 is 1.27 bits per heavy atom. The highest BCUT2D eigenvalue weighted by molar-refractivity contribution is 5.25. The maximum Gasteiger partial charge on any atom is 0.0279 e. The van der Waals surface area contributed by atoms with Gasteiger partial charge in [0, 0.05) is 38.1 Å². The summed E-state index contributed by atoms with van der Waals surface area (Å²) < 4.78 is 0. The number of hydrogen-bond acceptors (Lipinski definition) is 2. The maximum absolute atomic E-state index is 3.82. The lowest BCUT2D eigenvalue weighted by atomic mass is 9.94. The van der Waals surface area contributed by atoms with Crippen LogP contribution in [0.25, 0.3) is 0 Å². The van der Waals surface area contributed by atoms with Crippen molar-refractivity contribution >= 4 is 0 Å². The van der Waals surface area contributed by atoms with E-state index in [1.54, 1.807) is 0 Å². The smallest absolute Gasteiger partial charge is 0.0279 e. The first-order valence-corrected chi connectivity index (χ1v) is 9.47. The average Bonchev–Trinajstić information content (AvgIpc) is 3.11. The molecule has 1 N–H and O–H groups in total. The van der Waals surface area contributed by atoms with Crippen molar-refractivity contribution in [1.82, 2.24) is 10.2 Å². The molecule has 1 saturated heterocycles. The van der Waals surface area contributed by atoms with Crippen molar-refractivity contribution in [2.24, 2.45) is 0 Å². The zero-order valence-corrected chi connectivity index (χ0v) is 15.1. The van der Waals surface area contributed by atoms with Gasteiger partial charge in [0.05, 0.1) is 0 Å². The quantitative estimate of drug-likeness (QED) is 0.712. The maximum atomic E-state index is 3.82. The molecule has 0 aliphatic carbocycles. The molecule has 2 atom stereocenters. The van der Waals surface area contributed by atoms with E-state index in [9.17, 15) is 0 Å². The SMILES string of the molecule is c1ccc(CN[C@@H]2CN(Cc3ccccc3)C[C@H]2c2ccccc2)cc1. The van der Waals surface area contributed by atoms with E-state index in [0.717, 1.165) is 26.2 Å². The Morgan fingerprint density at radius 3 is 1.92 bits per heavy atom. The van der Waals surface area contributed by atoms with E-state index in [1.165, 1.54) is 16.7 Å². The van der Waals surface area contributed by atoms with Crippen LogP contribution < -0.4 is 5.32 Å². The van der Waals surface area contributed by atoms with Gasteiger partial charge in [-0.1, -0.05) is 91.0 Å². The van der Waals surface area contributed by atoms with Gasteiger partial charge in [-0.2, -0.15) is 0 Å². The summed E-state index contributed by atoms with van der Waals surface area (Å²) in [6, 6.07) is 32.9. The molecule has 2 nitrogen and oxygen atoms in total. The molecule has 0 bridgehead atoms. The first kappa shape index (κ1) is 17.0. The Kier molecular flexibility index (Phi) is 5.44. The molecule has 26 heavy (non-hydrogen) atoms. The Hall–Kier alpha value is -2.42. The van der Waals surface area contributed by atoms with E-state index in [0.29, 0.717) is 12.0 Å². The third kappa shape index (κ3) is 4.21. The van der Waals surface area contributed by atoms with Crippen molar-refractivity contribution in [3.63, 3.8) is 0 Å². The highest BCUT2D eigenvalue weighted by atomic mass is 15.2. The van der Waals surface area contributed by atoms with Gasteiger partial charge >= 0.3 is 0 Å². The van der Waals surface area contributed by atoms with Gasteiger partial charge in [0.25, 0.3) is 0 Å². The molecule has 0 saturated carbocycles. The number of nitrogens with zero attached hydrogens (tertiary/aromatic N) is 1. The predicted octanol–water partition coefficient (Wildman–Crippen LogP) is 4.44. The van der Waals surface area contributed by atoms with Crippen LogP contribution in [-0.4, -0.2) is 24.0 Å². The molecule has 3 aromatic carbocycles. The average molecular weight is 342 g/mol. The van der Waals surface area contributed by atoms with Crippen molar-refractivity contribution in [3.05, 3.63) is 108 Å². The summed E-state index contributed by atoms with van der Waals surface area (Å²) in [6.07, 6.45) is 0. The molecule has 132 valence electrons. The zero-order valence-electron chi connectivity index (χ0n) is 15.1. The van der Waals surface area contributed by atoms with Crippen LogP contribution in [0.3, 0.4) is 0 Å². The molecule has 1 aliphatic rings. The van der Waals surface area contributed by atoms with Gasteiger partial charge in [-0.05, 0) is 16.7 Å². The lowest BCUT2D eigenvalue weighted by Gasteiger charge is -2.20. The van der Waals surface area contributed by atoms with Crippen LogP contribution in [-0.2, 0) is 13.1 Å². The molecule has 0 spiro atoms. The molecule has 0 amide bonds. The predicted molar refractivity (Wildman–Crippen MR) is 108 cm³/mol. The van der Waals surface area contributed by atoms with E-state index in [1.807, 2.05) is 0 Å². The molecule has 0 unspecified atom stereocenters. The standard InChI is InChI=1S/C24H26N2/c1-4-10-20(11-5-1)16-25-24-19-26(17-21-12-6-2-7-13-21)18-23(24)22-14-8-3-9-15-22/h1-15,23-25H,16-19H2/t23-,24+/m0/s1. The second kappa shape index (κ2) is 8.31. The summed E-state index contributed by atoms with van der Waals surface area (Å²) in [7, 11) is 0. The summed E-state index contributed by atoms with van der Waals surface area (Å²) >= 11 is 0. The van der Waals surface area contributed by atoms with Gasteiger partial charge in [0.2, 0.25) is 0 Å². The molecule has 4 rings (SSSR count). The summed E-state index contributed by atoms with van der Waals surface area (Å²) in [5, 5.41) is 3.82. The molecule has 0 aromatic heterocycles. The number of likely N-dealkylation sites (tertiary alicyclic amines) is 1. The first-order valence-electron chi connectivity index (χ1n) is 9.47. The third-order valence-electron chi connectivity index (χ3n) is 5.28. The normalized spacial score (nSPS) is 20.3. The molecule has 1 fully saturated rings. The van der Waals surface area contributed by atoms with Gasteiger partial charge in [-0.15, -0.1) is 0 Å². The lowest BCUT2D eigenvalue weighted by Crippen LogP contribution is -2.35. The minimum atomic E-state index is 0.473. The number of benzene rings is 3. The van der Waals surface area contributed by atoms with Crippen LogP contribution >= 0.6 is 0 Å². The Morgan fingerprint density at radius 1 is 0.692 bits per heavy atom. The summed E-state index contributed by atoms with van der Waals surface area (Å²) in [4.78, 5) is 2.58. The summed E-state index contributed by atoms with van der Waals surface area (Å²) in [6.45, 7) is 4.13. The first-order chi connectivity index (χ1) is 12.9. The van der Waals surface area contributed by atoms with Crippen LogP contribution in [0.5, 0.6) is 0 Å². The summed E-state index contributed by atoms with van der Waals surface area (Å²) in [5.74, 6) is 0.531. The van der Waals surface area contributed by atoms with E-state index in [4.69, 9.17) is 0 Å². The van der Waals surface area contributed by atoms with Gasteiger partial charge < -0.3 is 5.32 Å². The van der Waals surface area contributed by atoms with Crippen molar-refractivity contribution in [2.75, 3.05) is 13.1 Å². The van der Waals surface area contributed by atoms with E-state index < -0.39 is 0 Å². The van der Waals surface area contributed by atoms with Gasteiger partial charge in [-0.25, -0.2) is 0 Å². The van der Waals surface area contributed by atoms with Crippen LogP contribution in [0.15, 0.2) is 91.0 Å². The monoisotopic (exact) mass is 342 g/mol. The molecular formula is C24H26N2. The highest BCUT2D eigenvalue weighted by Crippen LogP contribution is 2.29. The Bertz CT molecular complexity index is 786. The van der Waals surface area contributed by atoms with Crippen molar-refractivity contribution in [2.45, 2.75) is 25.0 Å². The molecule has 0 radical (unpaired) electrons. The van der Waals surface area contributed by atoms with Gasteiger partial charge in [0.15, 0.2) is 0 Å². The fraction of sp³-hybridized carbons (Fsp3) is 0.250. The minimum absolute atomic E-state index is 0.473. The van der Waals surface area contributed by atoms with Gasteiger partial charge in [0.1, 0.15) is 0 Å². The third-order valence-corrected chi connectivity index (χ3v) is 5.28. The van der Waals surface area contributed by atoms with Gasteiger partial charge in [-0.3, -0.25) is 4.90 Å². The second-order valence-corrected chi connectivity index (χ2v) is 7.17. The molecule has 1 aliphatic heterocycles. The second-order valence-electron chi connectivity index (χ2n) is 7.17. The fourth-order valence-corrected chi connectivity index (χ4v) is 3.95. The lowest BCUT2D eigenvalue weighted by molar-refractivity contribution is 0.318. The molecular weight excluding hydrogens is 316 g/mol. The number of nitrogens with one attached hydrogen (secondary N) is 1. The molecule has 3 aromatic rings. The van der Waals surface area contributed by atoms with Crippen molar-refractivity contribution in [3.8, 4) is 0 Å². The van der Waals surface area contributed by atoms with Crippen molar-refractivity contribution < 1.29 is 0 Å². The topological polar surface area (TPSA) is 15.3 Å². The van der Waals surface area contributed by atoms with E-state index in [2.05, 4.69) is 101 Å². The minimum Gasteiger partial charge on any atom is -0.308 e. The Labute approximate surface area is 156 Å². The number of hydrogen-bond donors (Lipinski definition) is 1. The summed E-state index contributed by atoms with van der Waals surface area (Å²) in [5.41, 5.74) is 4.18. The molecule has 1 heterocycles. The Balaban J connectivity index is 1.47. The van der Waals surface area contributed by atoms with E-state index in [-0.39, 0.29) is 0 Å². The van der Waals surface area contributed by atoms with Crippen LogP contribution in [0, 0.1) is 0 Å². The van der Waals surface area contributed by atoms with E-state index >= 15 is 0 Å². The van der Waals surface area contributed by atoms with Crippen LogP contribution in [0.1, 0.15) is 22.6 Å². The largest absolute Gasteiger partial charge is 0.308 e.